The maximum atomic E-state index is 9.29. The Morgan fingerprint density at radius 3 is 2.67 bits per heavy atom. The first kappa shape index (κ1) is 9.52. The summed E-state index contributed by atoms with van der Waals surface area (Å²) in [7, 11) is 0. The molecule has 0 fully saturated rings. The molecule has 0 aliphatic carbocycles. The lowest BCUT2D eigenvalue weighted by Gasteiger charge is -2.09. The van der Waals surface area contributed by atoms with Gasteiger partial charge in [-0.3, -0.25) is 0 Å². The van der Waals surface area contributed by atoms with Crippen molar-refractivity contribution in [2.24, 2.45) is 0 Å². The fraction of sp³-hybridized carbons (Fsp3) is 0.333. The molecule has 0 heterocycles. The fourth-order valence-electron chi connectivity index (χ4n) is 1.10. The molecule has 0 aromatic heterocycles. The highest BCUT2D eigenvalue weighted by molar-refractivity contribution is 6.30. The molecule has 1 rings (SSSR count). The molecule has 1 unspecified atom stereocenters. The first-order valence-corrected chi connectivity index (χ1v) is 4.10. The molecule has 3 heteroatoms. The van der Waals surface area contributed by atoms with Gasteiger partial charge in [-0.25, -0.2) is 0 Å². The van der Waals surface area contributed by atoms with Crippen molar-refractivity contribution in [3.05, 3.63) is 34.3 Å². The van der Waals surface area contributed by atoms with Crippen molar-refractivity contribution in [1.82, 2.24) is 0 Å². The molecule has 0 amide bonds. The normalized spacial score (nSPS) is 13.0. The average molecular weight is 187 g/mol. The van der Waals surface area contributed by atoms with E-state index in [9.17, 15) is 5.11 Å². The van der Waals surface area contributed by atoms with Crippen molar-refractivity contribution in [1.29, 1.82) is 0 Å². The lowest BCUT2D eigenvalue weighted by Crippen LogP contribution is -1.97. The van der Waals surface area contributed by atoms with Crippen LogP contribution in [-0.4, -0.2) is 10.2 Å². The SMILES string of the molecule is CC(O)c1cc(Cl)ccc1CO. The number of rotatable bonds is 2. The van der Waals surface area contributed by atoms with E-state index < -0.39 is 6.10 Å². The molecule has 0 aliphatic heterocycles. The van der Waals surface area contributed by atoms with Crippen molar-refractivity contribution in [2.45, 2.75) is 19.6 Å². The molecule has 0 radical (unpaired) electrons. The highest BCUT2D eigenvalue weighted by Gasteiger charge is 2.07. The zero-order valence-electron chi connectivity index (χ0n) is 6.79. The number of aliphatic hydroxyl groups excluding tert-OH is 2. The monoisotopic (exact) mass is 186 g/mol. The third kappa shape index (κ3) is 1.97. The maximum absolute atomic E-state index is 9.29. The van der Waals surface area contributed by atoms with E-state index >= 15 is 0 Å². The number of aliphatic hydroxyl groups is 2. The van der Waals surface area contributed by atoms with Crippen molar-refractivity contribution in [2.75, 3.05) is 0 Å². The zero-order chi connectivity index (χ0) is 9.14. The van der Waals surface area contributed by atoms with Gasteiger partial charge in [0.05, 0.1) is 12.7 Å². The second-order valence-corrected chi connectivity index (χ2v) is 3.11. The lowest BCUT2D eigenvalue weighted by atomic mass is 10.0. The van der Waals surface area contributed by atoms with E-state index in [1.807, 2.05) is 0 Å². The van der Waals surface area contributed by atoms with Crippen molar-refractivity contribution in [3.63, 3.8) is 0 Å². The molecule has 2 nitrogen and oxygen atoms in total. The van der Waals surface area contributed by atoms with Crippen LogP contribution in [0, 0.1) is 0 Å². The highest BCUT2D eigenvalue weighted by atomic mass is 35.5. The van der Waals surface area contributed by atoms with Crippen LogP contribution >= 0.6 is 11.6 Å². The average Bonchev–Trinajstić information content (AvgIpc) is 2.04. The van der Waals surface area contributed by atoms with Crippen LogP contribution in [0.4, 0.5) is 0 Å². The van der Waals surface area contributed by atoms with Crippen LogP contribution in [-0.2, 0) is 6.61 Å². The molecule has 1 aromatic carbocycles. The summed E-state index contributed by atoms with van der Waals surface area (Å²) < 4.78 is 0. The summed E-state index contributed by atoms with van der Waals surface area (Å²) in [6, 6.07) is 5.07. The van der Waals surface area contributed by atoms with E-state index in [-0.39, 0.29) is 6.61 Å². The van der Waals surface area contributed by atoms with E-state index in [1.54, 1.807) is 25.1 Å². The second-order valence-electron chi connectivity index (χ2n) is 2.68. The van der Waals surface area contributed by atoms with E-state index in [0.29, 0.717) is 10.6 Å². The van der Waals surface area contributed by atoms with Gasteiger partial charge in [0.2, 0.25) is 0 Å². The molecule has 0 spiro atoms. The fourth-order valence-corrected chi connectivity index (χ4v) is 1.28. The molecule has 0 saturated heterocycles. The van der Waals surface area contributed by atoms with Crippen LogP contribution in [0.1, 0.15) is 24.2 Å². The van der Waals surface area contributed by atoms with Gasteiger partial charge in [0.25, 0.3) is 0 Å². The molecule has 1 aromatic rings. The Balaban J connectivity index is 3.12. The van der Waals surface area contributed by atoms with Crippen LogP contribution < -0.4 is 0 Å². The molecule has 12 heavy (non-hydrogen) atoms. The molecule has 0 aliphatic rings. The van der Waals surface area contributed by atoms with Gasteiger partial charge < -0.3 is 10.2 Å². The van der Waals surface area contributed by atoms with E-state index in [2.05, 4.69) is 0 Å². The molecule has 2 N–H and O–H groups in total. The first-order chi connectivity index (χ1) is 5.65. The standard InChI is InChI=1S/C9H11ClO2/c1-6(12)9-4-8(10)3-2-7(9)5-11/h2-4,6,11-12H,5H2,1H3. The molecular weight excluding hydrogens is 176 g/mol. The summed E-state index contributed by atoms with van der Waals surface area (Å²) in [5.74, 6) is 0. The molecule has 66 valence electrons. The number of benzene rings is 1. The number of hydrogen-bond acceptors (Lipinski definition) is 2. The van der Waals surface area contributed by atoms with E-state index in [1.165, 1.54) is 0 Å². The van der Waals surface area contributed by atoms with Crippen molar-refractivity contribution < 1.29 is 10.2 Å². The summed E-state index contributed by atoms with van der Waals surface area (Å²) in [5.41, 5.74) is 1.40. The summed E-state index contributed by atoms with van der Waals surface area (Å²) in [6.45, 7) is 1.57. The van der Waals surface area contributed by atoms with Gasteiger partial charge in [-0.1, -0.05) is 17.7 Å². The third-order valence-corrected chi connectivity index (χ3v) is 1.96. The minimum atomic E-state index is -0.592. The predicted octanol–water partition coefficient (Wildman–Crippen LogP) is 1.89. The van der Waals surface area contributed by atoms with Crippen LogP contribution in [0.25, 0.3) is 0 Å². The first-order valence-electron chi connectivity index (χ1n) is 3.72. The quantitative estimate of drug-likeness (QED) is 0.741. The third-order valence-electron chi connectivity index (χ3n) is 1.73. The Bertz CT molecular complexity index is 271. The van der Waals surface area contributed by atoms with Gasteiger partial charge in [0.1, 0.15) is 0 Å². The minimum absolute atomic E-state index is 0.0720. The smallest absolute Gasteiger partial charge is 0.0765 e. The lowest BCUT2D eigenvalue weighted by molar-refractivity contribution is 0.193. The Morgan fingerprint density at radius 1 is 1.50 bits per heavy atom. The Hall–Kier alpha value is -0.570. The van der Waals surface area contributed by atoms with Crippen LogP contribution in [0.5, 0.6) is 0 Å². The minimum Gasteiger partial charge on any atom is -0.392 e. The van der Waals surface area contributed by atoms with Gasteiger partial charge in [-0.2, -0.15) is 0 Å². The summed E-state index contributed by atoms with van der Waals surface area (Å²) in [4.78, 5) is 0. The molecule has 0 saturated carbocycles. The maximum Gasteiger partial charge on any atom is 0.0765 e. The van der Waals surface area contributed by atoms with Gasteiger partial charge in [-0.15, -0.1) is 0 Å². The van der Waals surface area contributed by atoms with Gasteiger partial charge >= 0.3 is 0 Å². The Kier molecular flexibility index (Phi) is 3.09. The van der Waals surface area contributed by atoms with Gasteiger partial charge in [0, 0.05) is 5.02 Å². The molecule has 0 bridgehead atoms. The highest BCUT2D eigenvalue weighted by Crippen LogP contribution is 2.21. The van der Waals surface area contributed by atoms with E-state index in [4.69, 9.17) is 16.7 Å². The van der Waals surface area contributed by atoms with Gasteiger partial charge in [-0.05, 0) is 30.2 Å². The van der Waals surface area contributed by atoms with Crippen LogP contribution in [0.3, 0.4) is 0 Å². The second kappa shape index (κ2) is 3.90. The van der Waals surface area contributed by atoms with E-state index in [0.717, 1.165) is 5.56 Å². The van der Waals surface area contributed by atoms with Crippen LogP contribution in [0.15, 0.2) is 18.2 Å². The van der Waals surface area contributed by atoms with Gasteiger partial charge in [0.15, 0.2) is 0 Å². The summed E-state index contributed by atoms with van der Waals surface area (Å²) >= 11 is 5.73. The number of hydrogen-bond donors (Lipinski definition) is 2. The number of halogens is 1. The Labute approximate surface area is 76.4 Å². The molecule has 1 atom stereocenters. The largest absolute Gasteiger partial charge is 0.392 e. The van der Waals surface area contributed by atoms with Crippen LogP contribution in [0.2, 0.25) is 5.02 Å². The molecular formula is C9H11ClO2. The van der Waals surface area contributed by atoms with Crippen molar-refractivity contribution in [3.8, 4) is 0 Å². The Morgan fingerprint density at radius 2 is 2.17 bits per heavy atom. The summed E-state index contributed by atoms with van der Waals surface area (Å²) in [5, 5.41) is 18.8. The zero-order valence-corrected chi connectivity index (χ0v) is 7.54. The summed E-state index contributed by atoms with van der Waals surface area (Å²) in [6.07, 6.45) is -0.592. The predicted molar refractivity (Wildman–Crippen MR) is 48.0 cm³/mol. The van der Waals surface area contributed by atoms with Crippen molar-refractivity contribution >= 4 is 11.6 Å². The topological polar surface area (TPSA) is 40.5 Å².